The summed E-state index contributed by atoms with van der Waals surface area (Å²) < 4.78 is 5.79. The van der Waals surface area contributed by atoms with Gasteiger partial charge in [-0.3, -0.25) is 9.69 Å². The maximum atomic E-state index is 12.2. The Kier molecular flexibility index (Phi) is 11.4. The first-order valence-electron chi connectivity index (χ1n) is 10.0. The summed E-state index contributed by atoms with van der Waals surface area (Å²) in [5, 5.41) is 2.97. The Bertz CT molecular complexity index is 749. The van der Waals surface area contributed by atoms with Gasteiger partial charge in [-0.15, -0.1) is 24.8 Å². The zero-order valence-electron chi connectivity index (χ0n) is 17.6. The van der Waals surface area contributed by atoms with Gasteiger partial charge in [0.2, 0.25) is 5.91 Å². The Morgan fingerprint density at radius 3 is 2.20 bits per heavy atom. The molecule has 2 aromatic carbocycles. The number of hydrogen-bond donors (Lipinski definition) is 2. The van der Waals surface area contributed by atoms with Crippen LogP contribution >= 0.6 is 24.8 Å². The number of hydrogen-bond acceptors (Lipinski definition) is 4. The van der Waals surface area contributed by atoms with E-state index >= 15 is 0 Å². The van der Waals surface area contributed by atoms with Crippen LogP contribution < -0.4 is 11.1 Å². The van der Waals surface area contributed by atoms with Crippen LogP contribution in [0.4, 0.5) is 0 Å². The lowest BCUT2D eigenvalue weighted by Gasteiger charge is -2.35. The van der Waals surface area contributed by atoms with Gasteiger partial charge in [0.25, 0.3) is 0 Å². The molecule has 1 aliphatic rings. The normalized spacial score (nSPS) is 19.8. The van der Waals surface area contributed by atoms with Crippen LogP contribution in [0.3, 0.4) is 0 Å². The van der Waals surface area contributed by atoms with E-state index < -0.39 is 0 Å². The van der Waals surface area contributed by atoms with Crippen LogP contribution in [0.1, 0.15) is 43.0 Å². The first-order chi connectivity index (χ1) is 13.5. The standard InChI is InChI=1S/C23H31N3O2.2ClH/c1-17-14-26(15-18(2)28-17)16-20-10-8-19(9-11-20)13-25-23(27)12-22(24)21-6-4-3-5-7-21;;/h3-11,17-18,22H,12-16,24H2,1-2H3,(H,25,27);2*1H. The fourth-order valence-corrected chi connectivity index (χ4v) is 3.72. The summed E-state index contributed by atoms with van der Waals surface area (Å²) in [5.41, 5.74) is 9.47. The molecule has 1 fully saturated rings. The highest BCUT2D eigenvalue weighted by molar-refractivity contribution is 5.85. The van der Waals surface area contributed by atoms with Crippen molar-refractivity contribution in [2.75, 3.05) is 13.1 Å². The molecule has 1 saturated heterocycles. The molecular weight excluding hydrogens is 421 g/mol. The highest BCUT2D eigenvalue weighted by Gasteiger charge is 2.21. The zero-order valence-corrected chi connectivity index (χ0v) is 19.3. The summed E-state index contributed by atoms with van der Waals surface area (Å²) >= 11 is 0. The van der Waals surface area contributed by atoms with Crippen LogP contribution in [0.15, 0.2) is 54.6 Å². The molecule has 30 heavy (non-hydrogen) atoms. The summed E-state index contributed by atoms with van der Waals surface area (Å²) in [6.07, 6.45) is 0.844. The van der Waals surface area contributed by atoms with Crippen molar-refractivity contribution in [2.45, 2.75) is 51.6 Å². The van der Waals surface area contributed by atoms with Crippen molar-refractivity contribution in [3.8, 4) is 0 Å². The number of carbonyl (C=O) groups is 1. The SMILES string of the molecule is CC1CN(Cc2ccc(CNC(=O)CC(N)c3ccccc3)cc2)CC(C)O1.Cl.Cl. The maximum Gasteiger partial charge on any atom is 0.222 e. The predicted molar refractivity (Wildman–Crippen MR) is 126 cm³/mol. The van der Waals surface area contributed by atoms with Crippen molar-refractivity contribution >= 4 is 30.7 Å². The predicted octanol–water partition coefficient (Wildman–Crippen LogP) is 3.85. The number of rotatable bonds is 7. The minimum absolute atomic E-state index is 0. The Balaban J connectivity index is 0.00000225. The molecular formula is C23H33Cl2N3O2. The minimum atomic E-state index is -0.276. The lowest BCUT2D eigenvalue weighted by Crippen LogP contribution is -2.44. The topological polar surface area (TPSA) is 67.6 Å². The van der Waals surface area contributed by atoms with Gasteiger partial charge in [0, 0.05) is 38.6 Å². The molecule has 0 spiro atoms. The molecule has 7 heteroatoms. The summed E-state index contributed by atoms with van der Waals surface area (Å²) in [6.45, 7) is 7.62. The fourth-order valence-electron chi connectivity index (χ4n) is 3.72. The monoisotopic (exact) mass is 453 g/mol. The average molecular weight is 454 g/mol. The fraction of sp³-hybridized carbons (Fsp3) is 0.435. The number of halogens is 2. The van der Waals surface area contributed by atoms with Crippen LogP contribution in [0.5, 0.6) is 0 Å². The first kappa shape index (κ1) is 26.4. The van der Waals surface area contributed by atoms with Crippen LogP contribution in [-0.2, 0) is 22.6 Å². The molecule has 3 rings (SSSR count). The van der Waals surface area contributed by atoms with E-state index in [0.29, 0.717) is 6.54 Å². The zero-order chi connectivity index (χ0) is 19.9. The van der Waals surface area contributed by atoms with Crippen LogP contribution in [-0.4, -0.2) is 36.1 Å². The number of nitrogens with zero attached hydrogens (tertiary/aromatic N) is 1. The van der Waals surface area contributed by atoms with Crippen LogP contribution in [0, 0.1) is 0 Å². The quantitative estimate of drug-likeness (QED) is 0.667. The molecule has 0 aliphatic carbocycles. The number of ether oxygens (including phenoxy) is 1. The number of benzene rings is 2. The molecule has 0 radical (unpaired) electrons. The molecule has 1 aliphatic heterocycles. The number of nitrogens with one attached hydrogen (secondary N) is 1. The van der Waals surface area contributed by atoms with Gasteiger partial charge in [0.15, 0.2) is 0 Å². The van der Waals surface area contributed by atoms with Gasteiger partial charge < -0.3 is 15.8 Å². The van der Waals surface area contributed by atoms with E-state index in [4.69, 9.17) is 10.5 Å². The Labute approximate surface area is 192 Å². The third-order valence-corrected chi connectivity index (χ3v) is 5.05. The minimum Gasteiger partial charge on any atom is -0.373 e. The molecule has 3 unspecified atom stereocenters. The summed E-state index contributed by atoms with van der Waals surface area (Å²) in [5.74, 6) is -0.0308. The van der Waals surface area contributed by atoms with Crippen molar-refractivity contribution in [2.24, 2.45) is 5.73 Å². The van der Waals surface area contributed by atoms with Crippen molar-refractivity contribution in [3.63, 3.8) is 0 Å². The Morgan fingerprint density at radius 2 is 1.60 bits per heavy atom. The molecule has 3 atom stereocenters. The number of amides is 1. The summed E-state index contributed by atoms with van der Waals surface area (Å²) in [7, 11) is 0. The number of morpholine rings is 1. The van der Waals surface area contributed by atoms with Gasteiger partial charge in [-0.05, 0) is 30.5 Å². The molecule has 1 heterocycles. The van der Waals surface area contributed by atoms with Gasteiger partial charge in [0.05, 0.1) is 12.2 Å². The highest BCUT2D eigenvalue weighted by atomic mass is 35.5. The second-order valence-electron chi connectivity index (χ2n) is 7.77. The smallest absolute Gasteiger partial charge is 0.222 e. The largest absolute Gasteiger partial charge is 0.373 e. The van der Waals surface area contributed by atoms with Crippen LogP contribution in [0.2, 0.25) is 0 Å². The van der Waals surface area contributed by atoms with Gasteiger partial charge in [-0.2, -0.15) is 0 Å². The van der Waals surface area contributed by atoms with E-state index in [1.807, 2.05) is 30.3 Å². The first-order valence-corrected chi connectivity index (χ1v) is 10.0. The van der Waals surface area contributed by atoms with Gasteiger partial charge in [0.1, 0.15) is 0 Å². The lowest BCUT2D eigenvalue weighted by molar-refractivity contribution is -0.121. The summed E-state index contributed by atoms with van der Waals surface area (Å²) in [6, 6.07) is 17.9. The number of carbonyl (C=O) groups excluding carboxylic acids is 1. The average Bonchev–Trinajstić information content (AvgIpc) is 2.67. The Morgan fingerprint density at radius 1 is 1.03 bits per heavy atom. The van der Waals surface area contributed by atoms with Crippen molar-refractivity contribution in [1.29, 1.82) is 0 Å². The van der Waals surface area contributed by atoms with E-state index in [9.17, 15) is 4.79 Å². The molecule has 1 amide bonds. The molecule has 0 bridgehead atoms. The third kappa shape index (κ3) is 8.25. The molecule has 166 valence electrons. The van der Waals surface area contributed by atoms with E-state index in [1.165, 1.54) is 5.56 Å². The Hall–Kier alpha value is -1.63. The second kappa shape index (κ2) is 12.9. The van der Waals surface area contributed by atoms with E-state index in [-0.39, 0.29) is 55.4 Å². The van der Waals surface area contributed by atoms with Crippen molar-refractivity contribution < 1.29 is 9.53 Å². The van der Waals surface area contributed by atoms with Crippen LogP contribution in [0.25, 0.3) is 0 Å². The van der Waals surface area contributed by atoms with E-state index in [0.717, 1.165) is 30.8 Å². The van der Waals surface area contributed by atoms with Crippen molar-refractivity contribution in [3.05, 3.63) is 71.3 Å². The van der Waals surface area contributed by atoms with Crippen molar-refractivity contribution in [1.82, 2.24) is 10.2 Å². The molecule has 3 N–H and O–H groups in total. The van der Waals surface area contributed by atoms with E-state index in [1.54, 1.807) is 0 Å². The number of nitrogens with two attached hydrogens (primary N) is 1. The van der Waals surface area contributed by atoms with E-state index in [2.05, 4.69) is 48.3 Å². The lowest BCUT2D eigenvalue weighted by atomic mass is 10.0. The molecule has 5 nitrogen and oxygen atoms in total. The molecule has 0 aromatic heterocycles. The third-order valence-electron chi connectivity index (χ3n) is 5.05. The maximum absolute atomic E-state index is 12.2. The molecule has 2 aromatic rings. The second-order valence-corrected chi connectivity index (χ2v) is 7.77. The molecule has 0 saturated carbocycles. The van der Waals surface area contributed by atoms with Gasteiger partial charge in [-0.25, -0.2) is 0 Å². The highest BCUT2D eigenvalue weighted by Crippen LogP contribution is 2.15. The van der Waals surface area contributed by atoms with Gasteiger partial charge in [-0.1, -0.05) is 54.6 Å². The summed E-state index contributed by atoms with van der Waals surface area (Å²) in [4.78, 5) is 14.6. The van der Waals surface area contributed by atoms with Gasteiger partial charge >= 0.3 is 0 Å².